The lowest BCUT2D eigenvalue weighted by Gasteiger charge is -2.16. The largest absolute Gasteiger partial charge is 0.309 e. The van der Waals surface area contributed by atoms with Crippen molar-refractivity contribution in [1.82, 2.24) is 9.13 Å². The number of hydrogen-bond donors (Lipinski definition) is 0. The van der Waals surface area contributed by atoms with Gasteiger partial charge in [0.15, 0.2) is 0 Å². The van der Waals surface area contributed by atoms with E-state index >= 15 is 0 Å². The van der Waals surface area contributed by atoms with Crippen molar-refractivity contribution in [2.24, 2.45) is 0 Å². The van der Waals surface area contributed by atoms with Gasteiger partial charge in [-0.2, -0.15) is 0 Å². The van der Waals surface area contributed by atoms with E-state index in [1.54, 1.807) is 0 Å². The maximum atomic E-state index is 2.49. The van der Waals surface area contributed by atoms with Crippen LogP contribution in [0.4, 0.5) is 0 Å². The van der Waals surface area contributed by atoms with Crippen LogP contribution in [0, 0.1) is 0 Å². The summed E-state index contributed by atoms with van der Waals surface area (Å²) in [5.41, 5.74) is 17.7. The molecule has 12 rings (SSSR count). The molecule has 2 heteroatoms. The summed E-state index contributed by atoms with van der Waals surface area (Å²) in [6.45, 7) is 0. The summed E-state index contributed by atoms with van der Waals surface area (Å²) < 4.78 is 4.88. The number of nitrogens with zero attached hydrogens (tertiary/aromatic N) is 2. The zero-order chi connectivity index (χ0) is 36.0. The molecular formula is C53H34N2. The van der Waals surface area contributed by atoms with Crippen molar-refractivity contribution in [3.63, 3.8) is 0 Å². The zero-order valence-electron chi connectivity index (χ0n) is 30.1. The zero-order valence-corrected chi connectivity index (χ0v) is 30.1. The lowest BCUT2D eigenvalue weighted by atomic mass is 9.92. The van der Waals surface area contributed by atoms with Gasteiger partial charge < -0.3 is 9.13 Å². The van der Waals surface area contributed by atoms with Gasteiger partial charge in [0.1, 0.15) is 0 Å². The lowest BCUT2D eigenvalue weighted by molar-refractivity contribution is 1.18. The fourth-order valence-corrected chi connectivity index (χ4v) is 9.48. The van der Waals surface area contributed by atoms with Gasteiger partial charge in [-0.05, 0) is 117 Å². The summed E-state index contributed by atoms with van der Waals surface area (Å²) >= 11 is 0. The average Bonchev–Trinajstić information content (AvgIpc) is 3.91. The Labute approximate surface area is 318 Å². The van der Waals surface area contributed by atoms with Crippen LogP contribution in [0.15, 0.2) is 194 Å². The van der Waals surface area contributed by atoms with Crippen LogP contribution in [-0.2, 0) is 6.42 Å². The topological polar surface area (TPSA) is 9.86 Å². The second-order valence-corrected chi connectivity index (χ2v) is 14.9. The van der Waals surface area contributed by atoms with Gasteiger partial charge in [-0.25, -0.2) is 0 Å². The summed E-state index contributed by atoms with van der Waals surface area (Å²) in [4.78, 5) is 0. The van der Waals surface area contributed by atoms with Crippen molar-refractivity contribution in [3.8, 4) is 44.8 Å². The Hall–Kier alpha value is -7.16. The van der Waals surface area contributed by atoms with Gasteiger partial charge in [0.2, 0.25) is 0 Å². The number of fused-ring (bicyclic) bond motifs is 10. The Morgan fingerprint density at radius 2 is 0.891 bits per heavy atom. The van der Waals surface area contributed by atoms with Gasteiger partial charge in [-0.1, -0.05) is 133 Å². The summed E-state index contributed by atoms with van der Waals surface area (Å²) in [5.74, 6) is 0. The SMILES string of the molecule is c1ccc(-n2c3ccccc3c3cc(-c4ccc5c(c4)c4ccccc4n5-c4cc(-c5cccc6c5-c5ccccc5C6)cc5ccccc45)ccc32)cc1. The molecule has 0 aliphatic heterocycles. The average molecular weight is 699 g/mol. The number of aromatic nitrogens is 2. The highest BCUT2D eigenvalue weighted by Crippen LogP contribution is 2.45. The minimum absolute atomic E-state index is 0.983. The summed E-state index contributed by atoms with van der Waals surface area (Å²) in [6.07, 6.45) is 0.983. The smallest absolute Gasteiger partial charge is 0.0546 e. The first-order valence-electron chi connectivity index (χ1n) is 19.1. The first-order chi connectivity index (χ1) is 27.3. The second kappa shape index (κ2) is 11.7. The summed E-state index contributed by atoms with van der Waals surface area (Å²) in [5, 5.41) is 7.52. The molecule has 11 aromatic rings. The molecule has 0 N–H and O–H groups in total. The fourth-order valence-electron chi connectivity index (χ4n) is 9.48. The van der Waals surface area contributed by atoms with Gasteiger partial charge in [-0.3, -0.25) is 0 Å². The highest BCUT2D eigenvalue weighted by Gasteiger charge is 2.23. The van der Waals surface area contributed by atoms with E-state index in [4.69, 9.17) is 0 Å². The monoisotopic (exact) mass is 698 g/mol. The molecule has 9 aromatic carbocycles. The predicted molar refractivity (Wildman–Crippen MR) is 232 cm³/mol. The van der Waals surface area contributed by atoms with E-state index in [1.165, 1.54) is 110 Å². The third-order valence-corrected chi connectivity index (χ3v) is 11.9. The second-order valence-electron chi connectivity index (χ2n) is 14.9. The molecule has 0 unspecified atom stereocenters. The van der Waals surface area contributed by atoms with Crippen LogP contribution in [0.5, 0.6) is 0 Å². The maximum Gasteiger partial charge on any atom is 0.0546 e. The Morgan fingerprint density at radius 1 is 0.327 bits per heavy atom. The van der Waals surface area contributed by atoms with E-state index in [0.717, 1.165) is 6.42 Å². The van der Waals surface area contributed by atoms with Gasteiger partial charge in [-0.15, -0.1) is 0 Å². The highest BCUT2D eigenvalue weighted by atomic mass is 15.0. The predicted octanol–water partition coefficient (Wildman–Crippen LogP) is 13.9. The molecule has 0 saturated carbocycles. The first-order valence-corrected chi connectivity index (χ1v) is 19.1. The van der Waals surface area contributed by atoms with E-state index in [1.807, 2.05) is 0 Å². The Kier molecular flexibility index (Phi) is 6.43. The molecule has 0 amide bonds. The molecule has 0 atom stereocenters. The van der Waals surface area contributed by atoms with E-state index in [-0.39, 0.29) is 0 Å². The molecule has 0 saturated heterocycles. The van der Waals surface area contributed by atoms with Gasteiger partial charge in [0.05, 0.1) is 27.8 Å². The summed E-state index contributed by atoms with van der Waals surface area (Å²) in [7, 11) is 0. The van der Waals surface area contributed by atoms with Gasteiger partial charge >= 0.3 is 0 Å². The van der Waals surface area contributed by atoms with Crippen molar-refractivity contribution in [2.45, 2.75) is 6.42 Å². The van der Waals surface area contributed by atoms with E-state index < -0.39 is 0 Å². The van der Waals surface area contributed by atoms with Crippen LogP contribution in [0.2, 0.25) is 0 Å². The summed E-state index contributed by atoms with van der Waals surface area (Å²) in [6, 6.07) is 71.7. The highest BCUT2D eigenvalue weighted by molar-refractivity contribution is 6.14. The van der Waals surface area contributed by atoms with E-state index in [0.29, 0.717) is 0 Å². The molecule has 0 bridgehead atoms. The van der Waals surface area contributed by atoms with Crippen LogP contribution in [0.3, 0.4) is 0 Å². The molecule has 2 heterocycles. The van der Waals surface area contributed by atoms with Crippen LogP contribution in [0.25, 0.3) is 99.1 Å². The minimum atomic E-state index is 0.983. The quantitative estimate of drug-likeness (QED) is 0.173. The third kappa shape index (κ3) is 4.49. The lowest BCUT2D eigenvalue weighted by Crippen LogP contribution is -1.97. The number of benzene rings is 9. The minimum Gasteiger partial charge on any atom is -0.309 e. The molecule has 2 aromatic heterocycles. The molecule has 2 nitrogen and oxygen atoms in total. The van der Waals surface area contributed by atoms with Crippen molar-refractivity contribution in [1.29, 1.82) is 0 Å². The van der Waals surface area contributed by atoms with Crippen molar-refractivity contribution in [3.05, 3.63) is 205 Å². The Balaban J connectivity index is 1.07. The third-order valence-electron chi connectivity index (χ3n) is 11.9. The fraction of sp³-hybridized carbons (Fsp3) is 0.0189. The molecule has 1 aliphatic rings. The molecule has 0 spiro atoms. The van der Waals surface area contributed by atoms with Crippen LogP contribution < -0.4 is 0 Å². The first kappa shape index (κ1) is 30.3. The number of hydrogen-bond acceptors (Lipinski definition) is 0. The Morgan fingerprint density at radius 3 is 1.65 bits per heavy atom. The molecule has 55 heavy (non-hydrogen) atoms. The standard InChI is InChI=1S/C53H34N2/c1-2-16-40(17-3-1)54-48-23-10-8-20-44(48)46-31-34(25-27-50(46)54)35-26-28-51-47(32-35)45-21-9-11-24-49(45)55(51)52-33-39(30-36-13-4-6-18-41(36)52)43-22-12-15-38-29-37-14-5-7-19-42(37)53(38)43/h1-28,30-33H,29H2. The van der Waals surface area contributed by atoms with Crippen LogP contribution in [-0.4, -0.2) is 9.13 Å². The molecule has 256 valence electrons. The molecule has 0 fully saturated rings. The van der Waals surface area contributed by atoms with Crippen molar-refractivity contribution >= 4 is 54.4 Å². The number of rotatable bonds is 4. The maximum absolute atomic E-state index is 2.49. The van der Waals surface area contributed by atoms with Crippen LogP contribution in [0.1, 0.15) is 11.1 Å². The molecule has 0 radical (unpaired) electrons. The van der Waals surface area contributed by atoms with Crippen molar-refractivity contribution in [2.75, 3.05) is 0 Å². The van der Waals surface area contributed by atoms with E-state index in [2.05, 4.69) is 203 Å². The van der Waals surface area contributed by atoms with E-state index in [9.17, 15) is 0 Å². The van der Waals surface area contributed by atoms with Gasteiger partial charge in [0.25, 0.3) is 0 Å². The van der Waals surface area contributed by atoms with Crippen molar-refractivity contribution < 1.29 is 0 Å². The Bertz CT molecular complexity index is 3340. The number of para-hydroxylation sites is 3. The van der Waals surface area contributed by atoms with Crippen LogP contribution >= 0.6 is 0 Å². The molecular weight excluding hydrogens is 665 g/mol. The molecule has 1 aliphatic carbocycles. The van der Waals surface area contributed by atoms with Gasteiger partial charge in [0, 0.05) is 32.6 Å². The normalized spacial score (nSPS) is 12.3.